The molecule has 4 heteroatoms. The van der Waals surface area contributed by atoms with Crippen LogP contribution in [0.4, 0.5) is 5.69 Å². The van der Waals surface area contributed by atoms with Gasteiger partial charge in [-0.05, 0) is 6.92 Å². The standard InChI is InChI=1S/C8H14N4/c1-7-10-5-8(6-11-7)12(2)4-3-9/h5-6H,3-4,9H2,1-2H3. The quantitative estimate of drug-likeness (QED) is 0.696. The van der Waals surface area contributed by atoms with E-state index < -0.39 is 0 Å². The van der Waals surface area contributed by atoms with Gasteiger partial charge in [-0.3, -0.25) is 0 Å². The normalized spacial score (nSPS) is 9.92. The minimum Gasteiger partial charge on any atom is -0.371 e. The van der Waals surface area contributed by atoms with Gasteiger partial charge in [0.2, 0.25) is 0 Å². The lowest BCUT2D eigenvalue weighted by Crippen LogP contribution is -2.25. The second-order valence-corrected chi connectivity index (χ2v) is 2.70. The molecule has 0 amide bonds. The van der Waals surface area contributed by atoms with E-state index in [0.29, 0.717) is 6.54 Å². The summed E-state index contributed by atoms with van der Waals surface area (Å²) in [4.78, 5) is 10.2. The molecule has 2 N–H and O–H groups in total. The Balaban J connectivity index is 2.68. The molecular weight excluding hydrogens is 152 g/mol. The number of rotatable bonds is 3. The molecule has 0 spiro atoms. The molecule has 0 fully saturated rings. The van der Waals surface area contributed by atoms with Gasteiger partial charge in [-0.15, -0.1) is 0 Å². The smallest absolute Gasteiger partial charge is 0.125 e. The number of nitrogens with two attached hydrogens (primary N) is 1. The molecule has 0 saturated carbocycles. The first kappa shape index (κ1) is 8.93. The van der Waals surface area contributed by atoms with Crippen molar-refractivity contribution in [3.05, 3.63) is 18.2 Å². The Kier molecular flexibility index (Phi) is 2.99. The first-order chi connectivity index (χ1) is 5.74. The predicted octanol–water partition coefficient (Wildman–Crippen LogP) is 0.180. The number of anilines is 1. The van der Waals surface area contributed by atoms with E-state index in [1.165, 1.54) is 0 Å². The minimum absolute atomic E-state index is 0.643. The summed E-state index contributed by atoms with van der Waals surface area (Å²) < 4.78 is 0. The Hall–Kier alpha value is -1.16. The van der Waals surface area contributed by atoms with Crippen LogP contribution in [0.5, 0.6) is 0 Å². The molecule has 4 nitrogen and oxygen atoms in total. The highest BCUT2D eigenvalue weighted by molar-refractivity contribution is 5.40. The SMILES string of the molecule is Cc1ncc(N(C)CCN)cn1. The number of hydrogen-bond acceptors (Lipinski definition) is 4. The highest BCUT2D eigenvalue weighted by atomic mass is 15.1. The number of nitrogens with zero attached hydrogens (tertiary/aromatic N) is 3. The summed E-state index contributed by atoms with van der Waals surface area (Å²) in [6, 6.07) is 0. The molecule has 12 heavy (non-hydrogen) atoms. The maximum Gasteiger partial charge on any atom is 0.125 e. The average Bonchev–Trinajstić information content (AvgIpc) is 2.06. The molecule has 0 atom stereocenters. The van der Waals surface area contributed by atoms with Crippen LogP contribution in [0.1, 0.15) is 5.82 Å². The summed E-state index contributed by atoms with van der Waals surface area (Å²) in [7, 11) is 1.97. The van der Waals surface area contributed by atoms with E-state index >= 15 is 0 Å². The van der Waals surface area contributed by atoms with E-state index in [1.807, 2.05) is 18.9 Å². The Labute approximate surface area is 72.4 Å². The molecule has 0 radical (unpaired) electrons. The van der Waals surface area contributed by atoms with Crippen molar-refractivity contribution >= 4 is 5.69 Å². The van der Waals surface area contributed by atoms with Gasteiger partial charge in [-0.1, -0.05) is 0 Å². The molecule has 1 aromatic heterocycles. The molecule has 0 aliphatic heterocycles. The van der Waals surface area contributed by atoms with Crippen LogP contribution >= 0.6 is 0 Å². The maximum absolute atomic E-state index is 5.41. The fraction of sp³-hybridized carbons (Fsp3) is 0.500. The molecule has 1 rings (SSSR count). The van der Waals surface area contributed by atoms with E-state index in [1.54, 1.807) is 12.4 Å². The number of likely N-dealkylation sites (N-methyl/N-ethyl adjacent to an activating group) is 1. The molecule has 0 aliphatic carbocycles. The zero-order valence-electron chi connectivity index (χ0n) is 7.49. The van der Waals surface area contributed by atoms with Gasteiger partial charge in [0.1, 0.15) is 5.82 Å². The van der Waals surface area contributed by atoms with E-state index in [0.717, 1.165) is 18.1 Å². The summed E-state index contributed by atoms with van der Waals surface area (Å²) in [5.41, 5.74) is 6.42. The van der Waals surface area contributed by atoms with Crippen LogP contribution in [0, 0.1) is 6.92 Å². The highest BCUT2D eigenvalue weighted by Crippen LogP contribution is 2.07. The van der Waals surface area contributed by atoms with E-state index in [4.69, 9.17) is 5.73 Å². The topological polar surface area (TPSA) is 55.0 Å². The van der Waals surface area contributed by atoms with E-state index in [-0.39, 0.29) is 0 Å². The molecular formula is C8H14N4. The van der Waals surface area contributed by atoms with E-state index in [2.05, 4.69) is 9.97 Å². The zero-order valence-corrected chi connectivity index (χ0v) is 7.49. The van der Waals surface area contributed by atoms with Crippen molar-refractivity contribution in [1.82, 2.24) is 9.97 Å². The zero-order chi connectivity index (χ0) is 8.97. The third-order valence-corrected chi connectivity index (χ3v) is 1.67. The van der Waals surface area contributed by atoms with Crippen LogP contribution in [-0.2, 0) is 0 Å². The van der Waals surface area contributed by atoms with Gasteiger partial charge in [0, 0.05) is 20.1 Å². The summed E-state index contributed by atoms with van der Waals surface area (Å²) in [5, 5.41) is 0. The van der Waals surface area contributed by atoms with Crippen LogP contribution in [-0.4, -0.2) is 30.1 Å². The fourth-order valence-corrected chi connectivity index (χ4v) is 0.906. The van der Waals surface area contributed by atoms with Crippen molar-refractivity contribution in [3.63, 3.8) is 0 Å². The van der Waals surface area contributed by atoms with Gasteiger partial charge >= 0.3 is 0 Å². The van der Waals surface area contributed by atoms with Crippen LogP contribution in [0.15, 0.2) is 12.4 Å². The van der Waals surface area contributed by atoms with Gasteiger partial charge in [0.15, 0.2) is 0 Å². The van der Waals surface area contributed by atoms with E-state index in [9.17, 15) is 0 Å². The van der Waals surface area contributed by atoms with Gasteiger partial charge in [0.05, 0.1) is 18.1 Å². The van der Waals surface area contributed by atoms with Gasteiger partial charge < -0.3 is 10.6 Å². The van der Waals surface area contributed by atoms with Crippen molar-refractivity contribution in [3.8, 4) is 0 Å². The minimum atomic E-state index is 0.643. The Bertz CT molecular complexity index is 231. The summed E-state index contributed by atoms with van der Waals surface area (Å²) in [6.45, 7) is 3.34. The lowest BCUT2D eigenvalue weighted by molar-refractivity contribution is 0.873. The largest absolute Gasteiger partial charge is 0.371 e. The summed E-state index contributed by atoms with van der Waals surface area (Å²) >= 11 is 0. The fourth-order valence-electron chi connectivity index (χ4n) is 0.906. The third-order valence-electron chi connectivity index (χ3n) is 1.67. The van der Waals surface area contributed by atoms with Gasteiger partial charge in [-0.25, -0.2) is 9.97 Å². The van der Waals surface area contributed by atoms with Crippen molar-refractivity contribution in [2.24, 2.45) is 5.73 Å². The predicted molar refractivity (Wildman–Crippen MR) is 49.1 cm³/mol. The number of hydrogen-bond donors (Lipinski definition) is 1. The van der Waals surface area contributed by atoms with Crippen molar-refractivity contribution < 1.29 is 0 Å². The molecule has 1 aromatic rings. The molecule has 0 aromatic carbocycles. The molecule has 0 saturated heterocycles. The molecule has 0 aliphatic rings. The Morgan fingerprint density at radius 3 is 2.50 bits per heavy atom. The van der Waals surface area contributed by atoms with Gasteiger partial charge in [0.25, 0.3) is 0 Å². The first-order valence-corrected chi connectivity index (χ1v) is 3.94. The summed E-state index contributed by atoms with van der Waals surface area (Å²) in [6.07, 6.45) is 3.61. The van der Waals surface area contributed by atoms with Crippen molar-refractivity contribution in [1.29, 1.82) is 0 Å². The lowest BCUT2D eigenvalue weighted by Gasteiger charge is -2.16. The van der Waals surface area contributed by atoms with Crippen LogP contribution in [0.2, 0.25) is 0 Å². The van der Waals surface area contributed by atoms with Crippen LogP contribution in [0.25, 0.3) is 0 Å². The Morgan fingerprint density at radius 2 is 2.00 bits per heavy atom. The summed E-state index contributed by atoms with van der Waals surface area (Å²) in [5.74, 6) is 0.792. The van der Waals surface area contributed by atoms with Crippen molar-refractivity contribution in [2.75, 3.05) is 25.0 Å². The van der Waals surface area contributed by atoms with Crippen molar-refractivity contribution in [2.45, 2.75) is 6.92 Å². The monoisotopic (exact) mass is 166 g/mol. The molecule has 1 heterocycles. The highest BCUT2D eigenvalue weighted by Gasteiger charge is 1.98. The lowest BCUT2D eigenvalue weighted by atomic mass is 10.4. The third kappa shape index (κ3) is 2.17. The molecule has 66 valence electrons. The Morgan fingerprint density at radius 1 is 1.42 bits per heavy atom. The van der Waals surface area contributed by atoms with Crippen LogP contribution in [0.3, 0.4) is 0 Å². The maximum atomic E-state index is 5.41. The first-order valence-electron chi connectivity index (χ1n) is 3.94. The number of aromatic nitrogens is 2. The van der Waals surface area contributed by atoms with Gasteiger partial charge in [-0.2, -0.15) is 0 Å². The number of aryl methyl sites for hydroxylation is 1. The molecule has 0 bridgehead atoms. The average molecular weight is 166 g/mol. The van der Waals surface area contributed by atoms with Crippen LogP contribution < -0.4 is 10.6 Å². The second kappa shape index (κ2) is 4.01. The second-order valence-electron chi connectivity index (χ2n) is 2.70. The molecule has 0 unspecified atom stereocenters.